The molecule has 0 aromatic heterocycles. The van der Waals surface area contributed by atoms with Crippen LogP contribution in [0.3, 0.4) is 0 Å². The van der Waals surface area contributed by atoms with Gasteiger partial charge in [0.1, 0.15) is 17.8 Å². The summed E-state index contributed by atoms with van der Waals surface area (Å²) in [6.45, 7) is 10.5. The van der Waals surface area contributed by atoms with E-state index in [2.05, 4.69) is 51.6 Å². The van der Waals surface area contributed by atoms with E-state index in [9.17, 15) is 9.59 Å². The number of allylic oxidation sites excluding steroid dienone is 1. The summed E-state index contributed by atoms with van der Waals surface area (Å²) in [4.78, 5) is 25.2. The van der Waals surface area contributed by atoms with Gasteiger partial charge in [-0.2, -0.15) is 0 Å². The number of ketones is 1. The van der Waals surface area contributed by atoms with E-state index in [1.807, 2.05) is 6.07 Å². The van der Waals surface area contributed by atoms with E-state index >= 15 is 0 Å². The third-order valence-corrected chi connectivity index (χ3v) is 6.82. The molecule has 3 nitrogen and oxygen atoms in total. The predicted molar refractivity (Wildman–Crippen MR) is 107 cm³/mol. The normalized spacial score (nSPS) is 31.5. The fourth-order valence-electron chi connectivity index (χ4n) is 5.02. The molecule has 0 unspecified atom stereocenters. The summed E-state index contributed by atoms with van der Waals surface area (Å²) in [6, 6.07) is 10.5. The van der Waals surface area contributed by atoms with Crippen molar-refractivity contribution < 1.29 is 14.3 Å². The van der Waals surface area contributed by atoms with Gasteiger partial charge in [-0.05, 0) is 42.1 Å². The Hall–Kier alpha value is -1.90. The van der Waals surface area contributed by atoms with Gasteiger partial charge in [0.2, 0.25) is 0 Å². The van der Waals surface area contributed by atoms with Gasteiger partial charge in [0.05, 0.1) is 0 Å². The van der Waals surface area contributed by atoms with Crippen molar-refractivity contribution in [2.24, 2.45) is 23.7 Å². The third-order valence-electron chi connectivity index (χ3n) is 6.82. The van der Waals surface area contributed by atoms with Crippen molar-refractivity contribution in [2.45, 2.75) is 64.4 Å². The summed E-state index contributed by atoms with van der Waals surface area (Å²) in [5.41, 5.74) is 1.18. The van der Waals surface area contributed by atoms with E-state index in [0.29, 0.717) is 18.8 Å². The molecule has 5 atom stereocenters. The number of esters is 1. The van der Waals surface area contributed by atoms with Gasteiger partial charge in [-0.15, -0.1) is 6.58 Å². The molecule has 3 heteroatoms. The number of carbonyl (C=O) groups is 2. The van der Waals surface area contributed by atoms with Gasteiger partial charge in [0.15, 0.2) is 0 Å². The molecule has 0 amide bonds. The zero-order chi connectivity index (χ0) is 19.6. The molecule has 0 saturated heterocycles. The van der Waals surface area contributed by atoms with E-state index in [1.54, 1.807) is 6.08 Å². The Balaban J connectivity index is 1.81. The number of benzene rings is 1. The van der Waals surface area contributed by atoms with Crippen LogP contribution < -0.4 is 0 Å². The summed E-state index contributed by atoms with van der Waals surface area (Å²) < 4.78 is 6.06. The maximum absolute atomic E-state index is 12.9. The molecule has 0 heterocycles. The van der Waals surface area contributed by atoms with Crippen molar-refractivity contribution in [1.82, 2.24) is 0 Å². The van der Waals surface area contributed by atoms with Crippen LogP contribution in [-0.2, 0) is 19.7 Å². The second-order valence-electron chi connectivity index (χ2n) is 8.97. The summed E-state index contributed by atoms with van der Waals surface area (Å²) in [6.07, 6.45) is 5.81. The second-order valence-corrected chi connectivity index (χ2v) is 8.97. The van der Waals surface area contributed by atoms with Crippen molar-refractivity contribution in [1.29, 1.82) is 0 Å². The summed E-state index contributed by atoms with van der Waals surface area (Å²) in [7, 11) is 0. The zero-order valence-electron chi connectivity index (χ0n) is 16.8. The first-order chi connectivity index (χ1) is 12.8. The largest absolute Gasteiger partial charge is 0.461 e. The van der Waals surface area contributed by atoms with Crippen LogP contribution in [0.25, 0.3) is 0 Å². The predicted octanol–water partition coefficient (Wildman–Crippen LogP) is 5.09. The number of ether oxygens (including phenoxy) is 1. The standard InChI is InChI=1S/C24H32O3/c1-5-17-12-14-20(25)22(17)23(26)27-21-15-16(2)11-13-19(21)24(3,4)18-9-7-6-8-10-18/h5-10,16-17,19,21-22H,1,11-15H2,2-4H3/t16-,17-,19-,21-,22+/m1/s1. The average molecular weight is 369 g/mol. The topological polar surface area (TPSA) is 43.4 Å². The van der Waals surface area contributed by atoms with Crippen molar-refractivity contribution in [3.63, 3.8) is 0 Å². The lowest BCUT2D eigenvalue weighted by molar-refractivity contribution is -0.163. The minimum absolute atomic E-state index is 0.00706. The van der Waals surface area contributed by atoms with Gasteiger partial charge < -0.3 is 4.74 Å². The van der Waals surface area contributed by atoms with Crippen molar-refractivity contribution >= 4 is 11.8 Å². The van der Waals surface area contributed by atoms with Crippen LogP contribution in [0.5, 0.6) is 0 Å². The molecule has 2 aliphatic carbocycles. The van der Waals surface area contributed by atoms with Crippen LogP contribution in [0.2, 0.25) is 0 Å². The molecule has 0 aliphatic heterocycles. The molecule has 2 aliphatic rings. The van der Waals surface area contributed by atoms with Gasteiger partial charge in [-0.25, -0.2) is 0 Å². The summed E-state index contributed by atoms with van der Waals surface area (Å²) in [5, 5.41) is 0. The van der Waals surface area contributed by atoms with E-state index in [1.165, 1.54) is 5.56 Å². The highest BCUT2D eigenvalue weighted by atomic mass is 16.5. The number of carbonyl (C=O) groups excluding carboxylic acids is 2. The minimum Gasteiger partial charge on any atom is -0.461 e. The Morgan fingerprint density at radius 3 is 2.56 bits per heavy atom. The Bertz CT molecular complexity index is 691. The lowest BCUT2D eigenvalue weighted by Gasteiger charge is -2.44. The Morgan fingerprint density at radius 2 is 1.89 bits per heavy atom. The molecule has 1 aromatic rings. The fourth-order valence-corrected chi connectivity index (χ4v) is 5.02. The van der Waals surface area contributed by atoms with Gasteiger partial charge in [0.25, 0.3) is 0 Å². The number of hydrogen-bond donors (Lipinski definition) is 0. The molecule has 0 bridgehead atoms. The molecule has 2 fully saturated rings. The molecule has 146 valence electrons. The molecule has 2 saturated carbocycles. The molecular weight excluding hydrogens is 336 g/mol. The molecule has 27 heavy (non-hydrogen) atoms. The Kier molecular flexibility index (Phi) is 5.88. The van der Waals surface area contributed by atoms with E-state index in [0.717, 1.165) is 19.3 Å². The number of Topliss-reactive ketones (excluding diaryl/α,β-unsaturated/α-hetero) is 1. The van der Waals surface area contributed by atoms with Crippen LogP contribution in [0.4, 0.5) is 0 Å². The van der Waals surface area contributed by atoms with Crippen molar-refractivity contribution in [2.75, 3.05) is 0 Å². The maximum atomic E-state index is 12.9. The molecule has 3 rings (SSSR count). The highest BCUT2D eigenvalue weighted by Crippen LogP contribution is 2.44. The van der Waals surface area contributed by atoms with Crippen LogP contribution in [0.1, 0.15) is 58.4 Å². The van der Waals surface area contributed by atoms with Crippen LogP contribution in [0.15, 0.2) is 43.0 Å². The second kappa shape index (κ2) is 8.00. The number of hydrogen-bond acceptors (Lipinski definition) is 3. The van der Waals surface area contributed by atoms with E-state index < -0.39 is 5.92 Å². The molecule has 0 radical (unpaired) electrons. The van der Waals surface area contributed by atoms with Crippen LogP contribution >= 0.6 is 0 Å². The smallest absolute Gasteiger partial charge is 0.317 e. The lowest BCUT2D eigenvalue weighted by Crippen LogP contribution is -2.44. The SMILES string of the molecule is C=C[C@@H]1CCC(=O)[C@H]1C(=O)O[C@@H]1C[C@H](C)CC[C@H]1C(C)(C)c1ccccc1. The third kappa shape index (κ3) is 4.02. The monoisotopic (exact) mass is 368 g/mol. The Morgan fingerprint density at radius 1 is 1.19 bits per heavy atom. The lowest BCUT2D eigenvalue weighted by atomic mass is 9.64. The van der Waals surface area contributed by atoms with Gasteiger partial charge in [-0.3, -0.25) is 9.59 Å². The first-order valence-electron chi connectivity index (χ1n) is 10.3. The van der Waals surface area contributed by atoms with Gasteiger partial charge >= 0.3 is 5.97 Å². The van der Waals surface area contributed by atoms with Gasteiger partial charge in [0, 0.05) is 12.3 Å². The summed E-state index contributed by atoms with van der Waals surface area (Å²) in [5.74, 6) is -0.284. The highest BCUT2D eigenvalue weighted by molar-refractivity contribution is 6.01. The first-order valence-corrected chi connectivity index (χ1v) is 10.3. The van der Waals surface area contributed by atoms with E-state index in [4.69, 9.17) is 4.74 Å². The van der Waals surface area contributed by atoms with Gasteiger partial charge in [-0.1, -0.05) is 63.6 Å². The highest BCUT2D eigenvalue weighted by Gasteiger charge is 2.45. The van der Waals surface area contributed by atoms with Crippen molar-refractivity contribution in [3.05, 3.63) is 48.6 Å². The van der Waals surface area contributed by atoms with Crippen LogP contribution in [-0.4, -0.2) is 17.9 Å². The molecule has 1 aromatic carbocycles. The fraction of sp³-hybridized carbons (Fsp3) is 0.583. The Labute approximate surface area is 163 Å². The molecule has 0 N–H and O–H groups in total. The van der Waals surface area contributed by atoms with Crippen molar-refractivity contribution in [3.8, 4) is 0 Å². The molecular formula is C24H32O3. The first kappa shape index (κ1) is 19.9. The zero-order valence-corrected chi connectivity index (χ0v) is 16.8. The quantitative estimate of drug-likeness (QED) is 0.413. The average Bonchev–Trinajstić information content (AvgIpc) is 3.03. The van der Waals surface area contributed by atoms with E-state index in [-0.39, 0.29) is 35.1 Å². The molecule has 0 spiro atoms. The maximum Gasteiger partial charge on any atom is 0.317 e. The minimum atomic E-state index is -0.653. The van der Waals surface area contributed by atoms with Crippen LogP contribution in [0, 0.1) is 23.7 Å². The number of rotatable bonds is 5. The summed E-state index contributed by atoms with van der Waals surface area (Å²) >= 11 is 0.